The molecule has 1 saturated carbocycles. The maximum absolute atomic E-state index is 15.3. The Balaban J connectivity index is 2.46. The van der Waals surface area contributed by atoms with Gasteiger partial charge in [0.1, 0.15) is 5.83 Å². The first-order chi connectivity index (χ1) is 11.1. The van der Waals surface area contributed by atoms with E-state index in [1.54, 1.807) is 0 Å². The minimum Gasteiger partial charge on any atom is -0.354 e. The molecule has 0 saturated heterocycles. The van der Waals surface area contributed by atoms with E-state index in [0.717, 1.165) is 6.08 Å². The number of fused-ring (bicyclic) bond motifs is 3. The van der Waals surface area contributed by atoms with Gasteiger partial charge in [0.25, 0.3) is 0 Å². The summed E-state index contributed by atoms with van der Waals surface area (Å²) in [5, 5.41) is 18.5. The van der Waals surface area contributed by atoms with Crippen molar-refractivity contribution in [1.82, 2.24) is 0 Å². The van der Waals surface area contributed by atoms with Gasteiger partial charge in [-0.25, -0.2) is 17.6 Å². The summed E-state index contributed by atoms with van der Waals surface area (Å²) in [6, 6.07) is 0. The maximum atomic E-state index is 15.3. The van der Waals surface area contributed by atoms with E-state index in [-0.39, 0.29) is 18.2 Å². The molecule has 3 aliphatic rings. The lowest BCUT2D eigenvalue weighted by molar-refractivity contribution is -0.441. The molecular weight excluding hydrogens is 371 g/mol. The lowest BCUT2D eigenvalue weighted by atomic mass is 9.58. The van der Waals surface area contributed by atoms with Crippen LogP contribution in [0.4, 0.5) is 39.5 Å². The highest BCUT2D eigenvalue weighted by molar-refractivity contribution is 5.60. The molecule has 3 rings (SSSR count). The first-order valence-electron chi connectivity index (χ1n) is 6.55. The molecular formula is C14H7F9O2. The lowest BCUT2D eigenvalue weighted by Gasteiger charge is -2.57. The van der Waals surface area contributed by atoms with Gasteiger partial charge in [-0.3, -0.25) is 0 Å². The Hall–Kier alpha value is -1.75. The number of rotatable bonds is 0. The average molecular weight is 378 g/mol. The highest BCUT2D eigenvalue weighted by Crippen LogP contribution is 2.69. The van der Waals surface area contributed by atoms with Gasteiger partial charge < -0.3 is 10.2 Å². The Morgan fingerprint density at radius 2 is 1.32 bits per heavy atom. The van der Waals surface area contributed by atoms with E-state index in [0.29, 0.717) is 6.08 Å². The zero-order chi connectivity index (χ0) is 19.3. The second-order valence-electron chi connectivity index (χ2n) is 5.79. The molecule has 11 heteroatoms. The monoisotopic (exact) mass is 378 g/mol. The fraction of sp³-hybridized carbons (Fsp3) is 0.429. The first kappa shape index (κ1) is 18.1. The van der Waals surface area contributed by atoms with Crippen molar-refractivity contribution in [2.45, 2.75) is 34.9 Å². The molecule has 0 bridgehead atoms. The summed E-state index contributed by atoms with van der Waals surface area (Å²) in [6.07, 6.45) is 1.59. The second kappa shape index (κ2) is 4.32. The number of halogens is 9. The molecule has 4 atom stereocenters. The van der Waals surface area contributed by atoms with Gasteiger partial charge in [0.15, 0.2) is 0 Å². The van der Waals surface area contributed by atoms with Crippen LogP contribution in [0.5, 0.6) is 0 Å². The predicted molar refractivity (Wildman–Crippen MR) is 64.2 cm³/mol. The Morgan fingerprint density at radius 1 is 0.760 bits per heavy atom. The van der Waals surface area contributed by atoms with Crippen LogP contribution in [0, 0.1) is 0 Å². The molecule has 1 fully saturated rings. The van der Waals surface area contributed by atoms with E-state index >= 15 is 8.78 Å². The minimum atomic E-state index is -6.67. The molecule has 25 heavy (non-hydrogen) atoms. The molecule has 0 aromatic rings. The van der Waals surface area contributed by atoms with Crippen LogP contribution in [0.25, 0.3) is 0 Å². The van der Waals surface area contributed by atoms with Crippen LogP contribution in [0.2, 0.25) is 0 Å². The van der Waals surface area contributed by atoms with Crippen molar-refractivity contribution in [2.75, 3.05) is 0 Å². The van der Waals surface area contributed by atoms with Gasteiger partial charge in [-0.15, -0.1) is 0 Å². The van der Waals surface area contributed by atoms with Crippen LogP contribution < -0.4 is 0 Å². The van der Waals surface area contributed by atoms with Gasteiger partial charge in [0.2, 0.25) is 11.3 Å². The lowest BCUT2D eigenvalue weighted by Crippen LogP contribution is -2.83. The number of aliphatic hydroxyl groups is 2. The highest BCUT2D eigenvalue weighted by Gasteiger charge is 2.95. The molecule has 0 aromatic heterocycles. The molecule has 0 aromatic carbocycles. The summed E-state index contributed by atoms with van der Waals surface area (Å²) in [5.74, 6) is -27.1. The molecule has 138 valence electrons. The van der Waals surface area contributed by atoms with Crippen molar-refractivity contribution in [3.05, 3.63) is 47.4 Å². The summed E-state index contributed by atoms with van der Waals surface area (Å²) in [5.41, 5.74) is -13.9. The smallest absolute Gasteiger partial charge is 0.354 e. The maximum Gasteiger partial charge on any atom is 0.377 e. The van der Waals surface area contributed by atoms with Crippen LogP contribution >= 0.6 is 0 Å². The first-order valence-corrected chi connectivity index (χ1v) is 6.55. The minimum absolute atomic E-state index is 0.139. The summed E-state index contributed by atoms with van der Waals surface area (Å²) in [4.78, 5) is 0. The van der Waals surface area contributed by atoms with Crippen LogP contribution in [0.3, 0.4) is 0 Å². The summed E-state index contributed by atoms with van der Waals surface area (Å²) >= 11 is 0. The van der Waals surface area contributed by atoms with E-state index in [2.05, 4.69) is 0 Å². The van der Waals surface area contributed by atoms with E-state index in [1.165, 1.54) is 0 Å². The summed E-state index contributed by atoms with van der Waals surface area (Å²) in [6.45, 7) is 0. The van der Waals surface area contributed by atoms with Gasteiger partial charge in [-0.05, 0) is 11.6 Å². The van der Waals surface area contributed by atoms with E-state index in [1.807, 2.05) is 0 Å². The van der Waals surface area contributed by atoms with E-state index < -0.39 is 51.9 Å². The molecule has 0 aliphatic heterocycles. The third kappa shape index (κ3) is 1.49. The van der Waals surface area contributed by atoms with E-state index in [4.69, 9.17) is 0 Å². The second-order valence-corrected chi connectivity index (χ2v) is 5.79. The van der Waals surface area contributed by atoms with Crippen molar-refractivity contribution in [1.29, 1.82) is 0 Å². The van der Waals surface area contributed by atoms with Gasteiger partial charge in [0, 0.05) is 5.57 Å². The number of hydrogen-bond donors (Lipinski definition) is 2. The molecule has 4 unspecified atom stereocenters. The zero-order valence-electron chi connectivity index (χ0n) is 11.7. The average Bonchev–Trinajstić information content (AvgIpc) is 2.48. The fourth-order valence-electron chi connectivity index (χ4n) is 3.16. The quantitative estimate of drug-likeness (QED) is 0.636. The molecule has 0 spiro atoms. The Morgan fingerprint density at radius 3 is 1.88 bits per heavy atom. The fourth-order valence-corrected chi connectivity index (χ4v) is 3.16. The normalized spacial score (nSPS) is 47.2. The Labute approximate surface area is 133 Å². The van der Waals surface area contributed by atoms with Crippen LogP contribution in [0.15, 0.2) is 47.4 Å². The number of alkyl halides is 8. The predicted octanol–water partition coefficient (Wildman–Crippen LogP) is 3.29. The molecule has 2 nitrogen and oxygen atoms in total. The standard InChI is InChI=1S/C14H7F9O2/c15-8-3-1-2-6-4-5-7-10(17,9(6,8)16)14(23,25)13(21,22)12(19,20)11(7,18)24/h1-5,24-25H. The van der Waals surface area contributed by atoms with Crippen molar-refractivity contribution < 1.29 is 49.7 Å². The van der Waals surface area contributed by atoms with Crippen molar-refractivity contribution in [3.63, 3.8) is 0 Å². The zero-order valence-corrected chi connectivity index (χ0v) is 11.7. The van der Waals surface area contributed by atoms with Crippen LogP contribution in [-0.2, 0) is 0 Å². The summed E-state index contributed by atoms with van der Waals surface area (Å²) < 4.78 is 127. The van der Waals surface area contributed by atoms with Crippen molar-refractivity contribution >= 4 is 0 Å². The van der Waals surface area contributed by atoms with Crippen LogP contribution in [-0.4, -0.2) is 45.1 Å². The van der Waals surface area contributed by atoms with Crippen molar-refractivity contribution in [3.8, 4) is 0 Å². The third-order valence-electron chi connectivity index (χ3n) is 4.56. The summed E-state index contributed by atoms with van der Waals surface area (Å²) in [7, 11) is 0. The number of hydrogen-bond acceptors (Lipinski definition) is 2. The van der Waals surface area contributed by atoms with Gasteiger partial charge in [-0.1, -0.05) is 24.3 Å². The van der Waals surface area contributed by atoms with Crippen molar-refractivity contribution in [2.24, 2.45) is 0 Å². The Kier molecular flexibility index (Phi) is 3.12. The topological polar surface area (TPSA) is 40.5 Å². The SMILES string of the molecule is OC1(F)C2=CC=C3C=CC=C(F)C3(F)C2(F)C(O)(F)C(F)(F)C1(F)F. The van der Waals surface area contributed by atoms with Gasteiger partial charge >= 0.3 is 23.6 Å². The number of allylic oxidation sites excluding steroid dienone is 7. The highest BCUT2D eigenvalue weighted by atomic mass is 19.3. The van der Waals surface area contributed by atoms with Gasteiger partial charge in [-0.2, -0.15) is 22.0 Å². The molecule has 0 amide bonds. The molecule has 2 N–H and O–H groups in total. The van der Waals surface area contributed by atoms with Crippen LogP contribution in [0.1, 0.15) is 0 Å². The largest absolute Gasteiger partial charge is 0.377 e. The van der Waals surface area contributed by atoms with E-state index in [9.17, 15) is 40.9 Å². The Bertz CT molecular complexity index is 777. The van der Waals surface area contributed by atoms with Gasteiger partial charge in [0.05, 0.1) is 0 Å². The molecule has 0 heterocycles. The molecule has 3 aliphatic carbocycles. The third-order valence-corrected chi connectivity index (χ3v) is 4.56. The molecule has 0 radical (unpaired) electrons.